The summed E-state index contributed by atoms with van der Waals surface area (Å²) in [5, 5.41) is 6.81. The van der Waals surface area contributed by atoms with Gasteiger partial charge >= 0.3 is 0 Å². The van der Waals surface area contributed by atoms with Crippen LogP contribution in [0.2, 0.25) is 0 Å². The van der Waals surface area contributed by atoms with Gasteiger partial charge in [-0.05, 0) is 36.6 Å². The van der Waals surface area contributed by atoms with Crippen molar-refractivity contribution in [2.45, 2.75) is 18.9 Å². The minimum Gasteiger partial charge on any atom is -0.384 e. The smallest absolute Gasteiger partial charge is 0.0373 e. The zero-order chi connectivity index (χ0) is 8.67. The van der Waals surface area contributed by atoms with Gasteiger partial charge in [-0.3, -0.25) is 0 Å². The molecule has 2 aliphatic heterocycles. The number of fused-ring (bicyclic) bond motifs is 1. The first-order valence-corrected chi connectivity index (χ1v) is 5.03. The maximum atomic E-state index is 3.43. The molecule has 0 saturated carbocycles. The number of anilines is 1. The third-order valence-corrected chi connectivity index (χ3v) is 3.07. The lowest BCUT2D eigenvalue weighted by molar-refractivity contribution is 0.383. The van der Waals surface area contributed by atoms with Crippen LogP contribution in [0.4, 0.5) is 5.69 Å². The fraction of sp³-hybridized carbons (Fsp3) is 0.455. The van der Waals surface area contributed by atoms with Crippen LogP contribution < -0.4 is 10.6 Å². The van der Waals surface area contributed by atoms with Gasteiger partial charge in [-0.1, -0.05) is 12.1 Å². The second kappa shape index (κ2) is 2.74. The minimum absolute atomic E-state index is 0.630. The van der Waals surface area contributed by atoms with Crippen molar-refractivity contribution in [1.82, 2.24) is 5.32 Å². The van der Waals surface area contributed by atoms with Crippen molar-refractivity contribution in [2.24, 2.45) is 0 Å². The van der Waals surface area contributed by atoms with E-state index in [1.165, 1.54) is 36.2 Å². The maximum Gasteiger partial charge on any atom is 0.0373 e. The van der Waals surface area contributed by atoms with E-state index < -0.39 is 0 Å². The number of benzene rings is 1. The highest BCUT2D eigenvalue weighted by Gasteiger charge is 2.20. The van der Waals surface area contributed by atoms with Crippen LogP contribution in [0.15, 0.2) is 18.2 Å². The van der Waals surface area contributed by atoms with Crippen molar-refractivity contribution in [3.05, 3.63) is 29.3 Å². The van der Waals surface area contributed by atoms with Crippen LogP contribution >= 0.6 is 0 Å². The van der Waals surface area contributed by atoms with Crippen molar-refractivity contribution >= 4 is 5.69 Å². The monoisotopic (exact) mass is 174 g/mol. The van der Waals surface area contributed by atoms with E-state index in [-0.39, 0.29) is 0 Å². The van der Waals surface area contributed by atoms with E-state index in [9.17, 15) is 0 Å². The molecule has 1 aromatic carbocycles. The van der Waals surface area contributed by atoms with Crippen molar-refractivity contribution in [3.8, 4) is 0 Å². The molecule has 2 heteroatoms. The average molecular weight is 174 g/mol. The summed E-state index contributed by atoms with van der Waals surface area (Å²) in [7, 11) is 0. The Hall–Kier alpha value is -1.02. The molecule has 3 rings (SSSR count). The lowest BCUT2D eigenvalue weighted by Crippen LogP contribution is -2.34. The molecule has 0 radical (unpaired) electrons. The largest absolute Gasteiger partial charge is 0.384 e. The summed E-state index contributed by atoms with van der Waals surface area (Å²) in [6.07, 6.45) is 2.49. The van der Waals surface area contributed by atoms with Gasteiger partial charge in [-0.15, -0.1) is 0 Å². The summed E-state index contributed by atoms with van der Waals surface area (Å²) in [6.45, 7) is 2.29. The van der Waals surface area contributed by atoms with E-state index in [0.717, 1.165) is 6.54 Å². The first kappa shape index (κ1) is 7.39. The Balaban J connectivity index is 1.95. The highest BCUT2D eigenvalue weighted by atomic mass is 15.0. The Kier molecular flexibility index (Phi) is 1.56. The van der Waals surface area contributed by atoms with Crippen LogP contribution in [0, 0.1) is 0 Å². The van der Waals surface area contributed by atoms with Crippen LogP contribution in [0.3, 0.4) is 0 Å². The third kappa shape index (κ3) is 1.13. The molecule has 1 saturated heterocycles. The van der Waals surface area contributed by atoms with Crippen LogP contribution in [0.1, 0.15) is 23.6 Å². The zero-order valence-corrected chi connectivity index (χ0v) is 7.64. The molecule has 1 fully saturated rings. The standard InChI is InChI=1S/C11H14N2/c1-2-10-9(3-5-12-10)7-8(1)11-4-6-13-11/h1-2,7,11-13H,3-6H2/t11-/m1/s1. The molecule has 1 aromatic rings. The molecule has 68 valence electrons. The van der Waals surface area contributed by atoms with E-state index in [1.54, 1.807) is 0 Å². The summed E-state index contributed by atoms with van der Waals surface area (Å²) in [4.78, 5) is 0. The average Bonchev–Trinajstić information content (AvgIpc) is 2.47. The molecule has 1 atom stereocenters. The molecule has 13 heavy (non-hydrogen) atoms. The van der Waals surface area contributed by atoms with Crippen molar-refractivity contribution in [3.63, 3.8) is 0 Å². The lowest BCUT2D eigenvalue weighted by Gasteiger charge is -2.28. The van der Waals surface area contributed by atoms with Gasteiger partial charge in [-0.2, -0.15) is 0 Å². The maximum absolute atomic E-state index is 3.43. The number of hydrogen-bond donors (Lipinski definition) is 2. The van der Waals surface area contributed by atoms with Crippen LogP contribution in [-0.2, 0) is 6.42 Å². The molecule has 2 heterocycles. The fourth-order valence-corrected chi connectivity index (χ4v) is 2.11. The molecule has 0 unspecified atom stereocenters. The molecule has 2 nitrogen and oxygen atoms in total. The Labute approximate surface area is 78.3 Å². The van der Waals surface area contributed by atoms with Crippen molar-refractivity contribution in [1.29, 1.82) is 0 Å². The van der Waals surface area contributed by atoms with Crippen molar-refractivity contribution in [2.75, 3.05) is 18.4 Å². The Morgan fingerprint density at radius 2 is 2.15 bits per heavy atom. The molecule has 0 spiro atoms. The second-order valence-electron chi connectivity index (χ2n) is 3.89. The topological polar surface area (TPSA) is 24.1 Å². The summed E-state index contributed by atoms with van der Waals surface area (Å²) >= 11 is 0. The Bertz CT molecular complexity index is 329. The Morgan fingerprint density at radius 3 is 2.92 bits per heavy atom. The molecule has 0 amide bonds. The van der Waals surface area contributed by atoms with Gasteiger partial charge in [-0.25, -0.2) is 0 Å². The number of rotatable bonds is 1. The summed E-state index contributed by atoms with van der Waals surface area (Å²) in [6, 6.07) is 7.45. The number of nitrogens with one attached hydrogen (secondary N) is 2. The van der Waals surface area contributed by atoms with Crippen LogP contribution in [-0.4, -0.2) is 13.1 Å². The van der Waals surface area contributed by atoms with E-state index in [2.05, 4.69) is 28.8 Å². The summed E-state index contributed by atoms with van der Waals surface area (Å²) in [5.74, 6) is 0. The van der Waals surface area contributed by atoms with Gasteiger partial charge in [0.05, 0.1) is 0 Å². The normalized spacial score (nSPS) is 24.8. The van der Waals surface area contributed by atoms with Gasteiger partial charge in [0.1, 0.15) is 0 Å². The molecule has 0 bridgehead atoms. The molecule has 2 N–H and O–H groups in total. The molecular formula is C11H14N2. The van der Waals surface area contributed by atoms with E-state index in [0.29, 0.717) is 6.04 Å². The van der Waals surface area contributed by atoms with Crippen LogP contribution in [0.25, 0.3) is 0 Å². The molecular weight excluding hydrogens is 160 g/mol. The molecule has 0 aliphatic carbocycles. The van der Waals surface area contributed by atoms with Gasteiger partial charge in [0.25, 0.3) is 0 Å². The van der Waals surface area contributed by atoms with E-state index in [1.807, 2.05) is 0 Å². The third-order valence-electron chi connectivity index (χ3n) is 3.07. The SMILES string of the molecule is c1cc2c(cc1[C@H]1CCN1)CCN2. The summed E-state index contributed by atoms with van der Waals surface area (Å²) < 4.78 is 0. The lowest BCUT2D eigenvalue weighted by atomic mass is 9.96. The van der Waals surface area contributed by atoms with Gasteiger partial charge in [0.15, 0.2) is 0 Å². The molecule has 2 aliphatic rings. The Morgan fingerprint density at radius 1 is 1.23 bits per heavy atom. The van der Waals surface area contributed by atoms with Gasteiger partial charge in [0, 0.05) is 18.3 Å². The van der Waals surface area contributed by atoms with Crippen LogP contribution in [0.5, 0.6) is 0 Å². The quantitative estimate of drug-likeness (QED) is 0.677. The van der Waals surface area contributed by atoms with E-state index in [4.69, 9.17) is 0 Å². The van der Waals surface area contributed by atoms with Gasteiger partial charge in [0.2, 0.25) is 0 Å². The zero-order valence-electron chi connectivity index (χ0n) is 7.64. The highest BCUT2D eigenvalue weighted by Crippen LogP contribution is 2.29. The summed E-state index contributed by atoms with van der Waals surface area (Å²) in [5.41, 5.74) is 4.29. The predicted octanol–water partition coefficient (Wildman–Crippen LogP) is 1.69. The van der Waals surface area contributed by atoms with Crippen molar-refractivity contribution < 1.29 is 0 Å². The van der Waals surface area contributed by atoms with E-state index >= 15 is 0 Å². The predicted molar refractivity (Wildman–Crippen MR) is 54.0 cm³/mol. The van der Waals surface area contributed by atoms with Gasteiger partial charge < -0.3 is 10.6 Å². The first-order chi connectivity index (χ1) is 6.43. The molecule has 0 aromatic heterocycles. The highest BCUT2D eigenvalue weighted by molar-refractivity contribution is 5.56. The fourth-order valence-electron chi connectivity index (χ4n) is 2.11. The number of hydrogen-bond acceptors (Lipinski definition) is 2. The second-order valence-corrected chi connectivity index (χ2v) is 3.89. The minimum atomic E-state index is 0.630. The first-order valence-electron chi connectivity index (χ1n) is 5.03.